The van der Waals surface area contributed by atoms with Gasteiger partial charge in [0.25, 0.3) is 0 Å². The summed E-state index contributed by atoms with van der Waals surface area (Å²) in [6.07, 6.45) is -0.0131. The average Bonchev–Trinajstić information content (AvgIpc) is 2.89. The van der Waals surface area contributed by atoms with Gasteiger partial charge in [0.1, 0.15) is 0 Å². The zero-order chi connectivity index (χ0) is 13.2. The Morgan fingerprint density at radius 3 is 2.41 bits per heavy atom. The van der Waals surface area contributed by atoms with Crippen molar-refractivity contribution in [2.75, 3.05) is 13.6 Å². The van der Waals surface area contributed by atoms with Crippen LogP contribution in [0.5, 0.6) is 0 Å². The summed E-state index contributed by atoms with van der Waals surface area (Å²) in [6.45, 7) is 4.08. The molecule has 2 amide bonds. The maximum atomic E-state index is 11.7. The fraction of sp³-hybridized carbons (Fsp3) is 0.818. The number of hydrogen-bond acceptors (Lipinski definition) is 3. The lowest BCUT2D eigenvalue weighted by Gasteiger charge is -2.22. The molecule has 0 aromatic carbocycles. The highest BCUT2D eigenvalue weighted by atomic mass is 16.4. The van der Waals surface area contributed by atoms with Crippen LogP contribution in [0.2, 0.25) is 0 Å². The van der Waals surface area contributed by atoms with Crippen LogP contribution in [0, 0.1) is 11.8 Å². The maximum Gasteiger partial charge on any atom is 0.328 e. The minimum absolute atomic E-state index is 0.461. The maximum absolute atomic E-state index is 11.7. The summed E-state index contributed by atoms with van der Waals surface area (Å²) in [5.41, 5.74) is 0. The van der Waals surface area contributed by atoms with Gasteiger partial charge < -0.3 is 20.4 Å². The van der Waals surface area contributed by atoms with Crippen LogP contribution in [0.15, 0.2) is 0 Å². The van der Waals surface area contributed by atoms with Crippen LogP contribution in [0.1, 0.15) is 20.3 Å². The number of nitrogens with one attached hydrogen (secondary N) is 1. The van der Waals surface area contributed by atoms with E-state index in [-0.39, 0.29) is 0 Å². The van der Waals surface area contributed by atoms with Gasteiger partial charge in [-0.2, -0.15) is 0 Å². The van der Waals surface area contributed by atoms with Crippen LogP contribution in [0.3, 0.4) is 0 Å². The molecule has 0 aromatic rings. The molecule has 1 saturated carbocycles. The highest BCUT2D eigenvalue weighted by molar-refractivity contribution is 5.82. The lowest BCUT2D eigenvalue weighted by atomic mass is 10.2. The van der Waals surface area contributed by atoms with Crippen molar-refractivity contribution in [1.29, 1.82) is 0 Å². The van der Waals surface area contributed by atoms with E-state index < -0.39 is 24.1 Å². The molecule has 3 N–H and O–H groups in total. The number of aliphatic hydroxyl groups excluding tert-OH is 1. The second-order valence-electron chi connectivity index (χ2n) is 4.86. The number of aliphatic hydroxyl groups is 1. The first-order valence-electron chi connectivity index (χ1n) is 5.75. The Bertz CT molecular complexity index is 306. The van der Waals surface area contributed by atoms with Gasteiger partial charge >= 0.3 is 12.0 Å². The fourth-order valence-corrected chi connectivity index (χ4v) is 1.72. The molecule has 1 fully saturated rings. The van der Waals surface area contributed by atoms with Crippen LogP contribution in [-0.2, 0) is 4.79 Å². The monoisotopic (exact) mass is 244 g/mol. The molecule has 1 aliphatic carbocycles. The molecule has 98 valence electrons. The van der Waals surface area contributed by atoms with Crippen LogP contribution in [0.25, 0.3) is 0 Å². The normalized spacial score (nSPS) is 25.9. The first-order valence-corrected chi connectivity index (χ1v) is 5.75. The number of carboxylic acid groups (broad SMARTS) is 1. The highest BCUT2D eigenvalue weighted by Gasteiger charge is 2.35. The molecule has 0 radical (unpaired) electrons. The summed E-state index contributed by atoms with van der Waals surface area (Å²) in [7, 11) is 1.63. The minimum atomic E-state index is -1.26. The molecule has 0 aliphatic heterocycles. The van der Waals surface area contributed by atoms with Crippen molar-refractivity contribution in [2.24, 2.45) is 11.8 Å². The average molecular weight is 244 g/mol. The van der Waals surface area contributed by atoms with E-state index in [2.05, 4.69) is 12.2 Å². The van der Waals surface area contributed by atoms with Crippen molar-refractivity contribution in [1.82, 2.24) is 10.2 Å². The number of urea groups is 1. The summed E-state index contributed by atoms with van der Waals surface area (Å²) in [4.78, 5) is 23.9. The molecule has 1 rings (SSSR count). The number of aliphatic carboxylic acids is 1. The van der Waals surface area contributed by atoms with Gasteiger partial charge in [-0.3, -0.25) is 0 Å². The zero-order valence-corrected chi connectivity index (χ0v) is 10.4. The first kappa shape index (κ1) is 13.8. The van der Waals surface area contributed by atoms with Crippen molar-refractivity contribution < 1.29 is 19.8 Å². The Kier molecular flexibility index (Phi) is 4.34. The molecule has 0 spiro atoms. The fourth-order valence-electron chi connectivity index (χ4n) is 1.72. The van der Waals surface area contributed by atoms with E-state index in [1.165, 1.54) is 11.8 Å². The third-order valence-corrected chi connectivity index (χ3v) is 3.16. The van der Waals surface area contributed by atoms with Crippen LogP contribution in [-0.4, -0.2) is 52.9 Å². The van der Waals surface area contributed by atoms with Crippen molar-refractivity contribution in [3.05, 3.63) is 0 Å². The number of amides is 2. The molecule has 2 unspecified atom stereocenters. The zero-order valence-electron chi connectivity index (χ0n) is 10.4. The van der Waals surface area contributed by atoms with Gasteiger partial charge in [-0.05, 0) is 25.2 Å². The molecule has 4 atom stereocenters. The van der Waals surface area contributed by atoms with E-state index in [1.807, 2.05) is 0 Å². The number of rotatable bonds is 5. The van der Waals surface area contributed by atoms with Crippen molar-refractivity contribution in [3.8, 4) is 0 Å². The SMILES string of the molecule is CC1CC1CN(C)C(=O)N[C@H](C(=O)O)[C@@H](C)O. The third kappa shape index (κ3) is 3.89. The summed E-state index contributed by atoms with van der Waals surface area (Å²) in [5.74, 6) is -0.0839. The van der Waals surface area contributed by atoms with Gasteiger partial charge in [0.05, 0.1) is 6.10 Å². The van der Waals surface area contributed by atoms with Crippen LogP contribution in [0.4, 0.5) is 4.79 Å². The predicted molar refractivity (Wildman–Crippen MR) is 61.5 cm³/mol. The molecule has 0 saturated heterocycles. The number of nitrogens with zero attached hydrogens (tertiary/aromatic N) is 1. The van der Waals surface area contributed by atoms with Gasteiger partial charge in [0.15, 0.2) is 6.04 Å². The van der Waals surface area contributed by atoms with Crippen molar-refractivity contribution >= 4 is 12.0 Å². The summed E-state index contributed by atoms with van der Waals surface area (Å²) < 4.78 is 0. The van der Waals surface area contributed by atoms with Crippen LogP contribution < -0.4 is 5.32 Å². The summed E-state index contributed by atoms with van der Waals surface area (Å²) in [6, 6.07) is -1.72. The molecule has 17 heavy (non-hydrogen) atoms. The second kappa shape index (κ2) is 5.35. The van der Waals surface area contributed by atoms with Crippen LogP contribution >= 0.6 is 0 Å². The number of hydrogen-bond donors (Lipinski definition) is 3. The Morgan fingerprint density at radius 2 is 2.06 bits per heavy atom. The van der Waals surface area contributed by atoms with Gasteiger partial charge in [0, 0.05) is 13.6 Å². The largest absolute Gasteiger partial charge is 0.480 e. The molecule has 6 nitrogen and oxygen atoms in total. The Morgan fingerprint density at radius 1 is 1.53 bits per heavy atom. The quantitative estimate of drug-likeness (QED) is 0.640. The van der Waals surface area contributed by atoms with Gasteiger partial charge in [-0.15, -0.1) is 0 Å². The standard InChI is InChI=1S/C11H20N2O4/c1-6-4-8(6)5-13(3)11(17)12-9(7(2)14)10(15)16/h6-9,14H,4-5H2,1-3H3,(H,12,17)(H,15,16)/t6?,7-,8?,9+/m1/s1. The summed E-state index contributed by atoms with van der Waals surface area (Å²) >= 11 is 0. The minimum Gasteiger partial charge on any atom is -0.480 e. The predicted octanol–water partition coefficient (Wildman–Crippen LogP) is 0.118. The highest BCUT2D eigenvalue weighted by Crippen LogP contribution is 2.37. The molecule has 0 aromatic heterocycles. The molecule has 1 aliphatic rings. The van der Waals surface area contributed by atoms with Crippen molar-refractivity contribution in [3.63, 3.8) is 0 Å². The van der Waals surface area contributed by atoms with Gasteiger partial charge in [0.2, 0.25) is 0 Å². The summed E-state index contributed by atoms with van der Waals surface area (Å²) in [5, 5.41) is 20.4. The van der Waals surface area contributed by atoms with E-state index in [4.69, 9.17) is 5.11 Å². The van der Waals surface area contributed by atoms with E-state index in [9.17, 15) is 14.7 Å². The Labute approximate surface area is 101 Å². The van der Waals surface area contributed by atoms with E-state index >= 15 is 0 Å². The lowest BCUT2D eigenvalue weighted by molar-refractivity contribution is -0.141. The molecular weight excluding hydrogens is 224 g/mol. The molecular formula is C11H20N2O4. The molecule has 0 bridgehead atoms. The van der Waals surface area contributed by atoms with E-state index in [0.29, 0.717) is 18.4 Å². The smallest absolute Gasteiger partial charge is 0.328 e. The first-order chi connectivity index (χ1) is 7.82. The second-order valence-corrected chi connectivity index (χ2v) is 4.86. The Hall–Kier alpha value is -1.30. The lowest BCUT2D eigenvalue weighted by Crippen LogP contribution is -2.51. The topological polar surface area (TPSA) is 89.9 Å². The van der Waals surface area contributed by atoms with E-state index in [0.717, 1.165) is 6.42 Å². The number of carboxylic acids is 1. The Balaban J connectivity index is 2.43. The number of carbonyl (C=O) groups is 2. The van der Waals surface area contributed by atoms with E-state index in [1.54, 1.807) is 7.05 Å². The van der Waals surface area contributed by atoms with Gasteiger partial charge in [-0.25, -0.2) is 9.59 Å². The number of carbonyl (C=O) groups excluding carboxylic acids is 1. The molecule has 6 heteroatoms. The van der Waals surface area contributed by atoms with Crippen molar-refractivity contribution in [2.45, 2.75) is 32.4 Å². The third-order valence-electron chi connectivity index (χ3n) is 3.16. The molecule has 0 heterocycles. The van der Waals surface area contributed by atoms with Gasteiger partial charge in [-0.1, -0.05) is 6.92 Å².